The van der Waals surface area contributed by atoms with E-state index in [0.29, 0.717) is 11.4 Å². The van der Waals surface area contributed by atoms with Crippen LogP contribution < -0.4 is 15.9 Å². The molecule has 1 aromatic heterocycles. The number of nitrogens with zero attached hydrogens (tertiary/aromatic N) is 4. The van der Waals surface area contributed by atoms with E-state index in [-0.39, 0.29) is 17.3 Å². The van der Waals surface area contributed by atoms with E-state index in [1.54, 1.807) is 18.2 Å². The summed E-state index contributed by atoms with van der Waals surface area (Å²) in [6.45, 7) is 0. The van der Waals surface area contributed by atoms with E-state index in [1.165, 1.54) is 30.5 Å². The Morgan fingerprint density at radius 1 is 1.42 bits per heavy atom. The number of pyridine rings is 1. The number of nitriles is 1. The van der Waals surface area contributed by atoms with Crippen LogP contribution >= 0.6 is 0 Å². The summed E-state index contributed by atoms with van der Waals surface area (Å²) in [7, 11) is 0. The topological polar surface area (TPSA) is 163 Å². The second-order valence-electron chi connectivity index (χ2n) is 4.31. The van der Waals surface area contributed by atoms with Crippen LogP contribution in [0.5, 0.6) is 11.6 Å². The summed E-state index contributed by atoms with van der Waals surface area (Å²) in [4.78, 5) is 14.2. The maximum absolute atomic E-state index is 10.9. The predicted molar refractivity (Wildman–Crippen MR) is 86.0 cm³/mol. The Morgan fingerprint density at radius 2 is 2.12 bits per heavy atom. The van der Waals surface area contributed by atoms with Crippen molar-refractivity contribution in [2.24, 2.45) is 10.8 Å². The molecule has 0 fully saturated rings. The molecule has 1 aromatic carbocycles. The molecule has 0 unspecified atom stereocenters. The number of nitrogens with two attached hydrogens (primary N) is 1. The number of amidine groups is 1. The van der Waals surface area contributed by atoms with Crippen LogP contribution in [-0.4, -0.2) is 21.5 Å². The predicted octanol–water partition coefficient (Wildman–Crippen LogP) is 2.01. The molecule has 0 aliphatic rings. The van der Waals surface area contributed by atoms with Gasteiger partial charge in [-0.3, -0.25) is 20.9 Å². The molecule has 0 aliphatic heterocycles. The van der Waals surface area contributed by atoms with Gasteiger partial charge in [0.2, 0.25) is 5.71 Å². The van der Waals surface area contributed by atoms with E-state index in [4.69, 9.17) is 21.1 Å². The number of hydrogen-bond acceptors (Lipinski definition) is 8. The molecular weight excluding hydrogens is 314 g/mol. The van der Waals surface area contributed by atoms with Gasteiger partial charge in [0.25, 0.3) is 5.88 Å². The maximum atomic E-state index is 10.9. The maximum Gasteiger partial charge on any atom is 0.331 e. The van der Waals surface area contributed by atoms with Gasteiger partial charge in [0, 0.05) is 12.3 Å². The van der Waals surface area contributed by atoms with Gasteiger partial charge in [-0.05, 0) is 30.3 Å². The number of nitro groups is 1. The highest BCUT2D eigenvalue weighted by Gasteiger charge is 2.16. The van der Waals surface area contributed by atoms with Crippen LogP contribution in [0, 0.1) is 26.9 Å². The molecule has 0 bridgehead atoms. The molecule has 0 radical (unpaired) electrons. The quantitative estimate of drug-likeness (QED) is 0.316. The number of anilines is 1. The second-order valence-corrected chi connectivity index (χ2v) is 4.31. The molecular formula is C14H11N7O3. The van der Waals surface area contributed by atoms with Crippen LogP contribution in [0.1, 0.15) is 0 Å². The third kappa shape index (κ3) is 4.01. The van der Waals surface area contributed by atoms with Crippen LogP contribution in [0.3, 0.4) is 0 Å². The van der Waals surface area contributed by atoms with E-state index in [0.717, 1.165) is 0 Å². The van der Waals surface area contributed by atoms with Gasteiger partial charge in [0.05, 0.1) is 10.6 Å². The molecule has 24 heavy (non-hydrogen) atoms. The van der Waals surface area contributed by atoms with Crippen molar-refractivity contribution in [3.8, 4) is 17.7 Å². The Hall–Kier alpha value is -4.00. The first-order valence-electron chi connectivity index (χ1n) is 6.47. The minimum absolute atomic E-state index is 0.121. The molecule has 0 spiro atoms. The average molecular weight is 325 g/mol. The SMILES string of the molecule is N#C/C(=N\Nc1ccc(Oc2ncccc2[N+](=O)[O-])cc1)C(=N)N. The van der Waals surface area contributed by atoms with Crippen molar-refractivity contribution < 1.29 is 9.66 Å². The van der Waals surface area contributed by atoms with Crippen LogP contribution in [0.25, 0.3) is 0 Å². The number of aromatic nitrogens is 1. The lowest BCUT2D eigenvalue weighted by atomic mass is 10.3. The van der Waals surface area contributed by atoms with Crippen LogP contribution in [0.4, 0.5) is 11.4 Å². The number of ether oxygens (including phenoxy) is 1. The summed E-state index contributed by atoms with van der Waals surface area (Å²) in [5.74, 6) is -0.240. The smallest absolute Gasteiger partial charge is 0.331 e. The minimum Gasteiger partial charge on any atom is -0.434 e. The lowest BCUT2D eigenvalue weighted by Crippen LogP contribution is -2.21. The Bertz CT molecular complexity index is 840. The summed E-state index contributed by atoms with van der Waals surface area (Å²) in [6.07, 6.45) is 1.39. The third-order valence-electron chi connectivity index (χ3n) is 2.67. The van der Waals surface area contributed by atoms with Crippen molar-refractivity contribution >= 4 is 22.9 Å². The molecule has 0 saturated heterocycles. The number of benzene rings is 1. The molecule has 2 rings (SSSR count). The lowest BCUT2D eigenvalue weighted by molar-refractivity contribution is -0.386. The van der Waals surface area contributed by atoms with E-state index in [9.17, 15) is 10.1 Å². The standard InChI is InChI=1S/C14H11N7O3/c15-8-11(13(16)17)20-19-9-3-5-10(6-4-9)24-14-12(21(22)23)2-1-7-18-14/h1-7,19H,(H3,16,17)/b20-11+. The first-order valence-corrected chi connectivity index (χ1v) is 6.47. The number of hydrogen-bond donors (Lipinski definition) is 3. The van der Waals surface area contributed by atoms with E-state index < -0.39 is 10.8 Å². The second kappa shape index (κ2) is 7.32. The monoisotopic (exact) mass is 325 g/mol. The van der Waals surface area contributed by atoms with E-state index in [1.807, 2.05) is 0 Å². The molecule has 4 N–H and O–H groups in total. The van der Waals surface area contributed by atoms with Gasteiger partial charge < -0.3 is 10.5 Å². The number of hydrazone groups is 1. The average Bonchev–Trinajstić information content (AvgIpc) is 2.57. The van der Waals surface area contributed by atoms with Gasteiger partial charge in [0.1, 0.15) is 11.8 Å². The van der Waals surface area contributed by atoms with Gasteiger partial charge in [-0.15, -0.1) is 0 Å². The van der Waals surface area contributed by atoms with Gasteiger partial charge in [-0.2, -0.15) is 10.4 Å². The molecule has 10 nitrogen and oxygen atoms in total. The third-order valence-corrected chi connectivity index (χ3v) is 2.67. The molecule has 0 aliphatic carbocycles. The normalized spacial score (nSPS) is 10.5. The fraction of sp³-hybridized carbons (Fsp3) is 0. The molecule has 0 amide bonds. The molecule has 2 aromatic rings. The van der Waals surface area contributed by atoms with Crippen LogP contribution in [-0.2, 0) is 0 Å². The summed E-state index contributed by atoms with van der Waals surface area (Å²) in [5.41, 5.74) is 7.74. The van der Waals surface area contributed by atoms with E-state index >= 15 is 0 Å². The molecule has 0 atom stereocenters. The van der Waals surface area contributed by atoms with Crippen molar-refractivity contribution in [2.75, 3.05) is 5.43 Å². The zero-order chi connectivity index (χ0) is 17.5. The highest BCUT2D eigenvalue weighted by Crippen LogP contribution is 2.28. The zero-order valence-corrected chi connectivity index (χ0v) is 12.1. The van der Waals surface area contributed by atoms with Crippen LogP contribution in [0.2, 0.25) is 0 Å². The Labute approximate surface area is 135 Å². The minimum atomic E-state index is -0.585. The Morgan fingerprint density at radius 3 is 2.71 bits per heavy atom. The van der Waals surface area contributed by atoms with E-state index in [2.05, 4.69) is 15.5 Å². The lowest BCUT2D eigenvalue weighted by Gasteiger charge is -2.06. The van der Waals surface area contributed by atoms with Gasteiger partial charge >= 0.3 is 5.69 Å². The summed E-state index contributed by atoms with van der Waals surface area (Å²) in [6, 6.07) is 10.6. The fourth-order valence-electron chi connectivity index (χ4n) is 1.57. The first-order chi connectivity index (χ1) is 11.5. The summed E-state index contributed by atoms with van der Waals surface area (Å²) in [5, 5.41) is 30.4. The highest BCUT2D eigenvalue weighted by molar-refractivity contribution is 6.45. The van der Waals surface area contributed by atoms with Gasteiger partial charge in [-0.25, -0.2) is 4.98 Å². The Balaban J connectivity index is 2.12. The van der Waals surface area contributed by atoms with Crippen LogP contribution in [0.15, 0.2) is 47.7 Å². The van der Waals surface area contributed by atoms with Crippen molar-refractivity contribution in [3.63, 3.8) is 0 Å². The van der Waals surface area contributed by atoms with Crippen molar-refractivity contribution in [2.45, 2.75) is 0 Å². The molecule has 10 heteroatoms. The largest absolute Gasteiger partial charge is 0.434 e. The molecule has 0 saturated carbocycles. The van der Waals surface area contributed by atoms with Gasteiger partial charge in [0.15, 0.2) is 5.84 Å². The highest BCUT2D eigenvalue weighted by atomic mass is 16.6. The Kier molecular flexibility index (Phi) is 4.99. The summed E-state index contributed by atoms with van der Waals surface area (Å²) >= 11 is 0. The fourth-order valence-corrected chi connectivity index (χ4v) is 1.57. The summed E-state index contributed by atoms with van der Waals surface area (Å²) < 4.78 is 5.39. The van der Waals surface area contributed by atoms with Crippen molar-refractivity contribution in [1.82, 2.24) is 4.98 Å². The first kappa shape index (κ1) is 16.4. The zero-order valence-electron chi connectivity index (χ0n) is 12.1. The molecule has 1 heterocycles. The molecule has 120 valence electrons. The van der Waals surface area contributed by atoms with Crippen molar-refractivity contribution in [1.29, 1.82) is 10.7 Å². The van der Waals surface area contributed by atoms with Crippen molar-refractivity contribution in [3.05, 3.63) is 52.7 Å². The number of nitrogens with one attached hydrogen (secondary N) is 2. The number of rotatable bonds is 6. The van der Waals surface area contributed by atoms with Gasteiger partial charge in [-0.1, -0.05) is 0 Å².